The summed E-state index contributed by atoms with van der Waals surface area (Å²) in [7, 11) is -2.04. The van der Waals surface area contributed by atoms with Crippen LogP contribution >= 0.6 is 0 Å². The number of nitrogens with zero attached hydrogens (tertiary/aromatic N) is 2. The van der Waals surface area contributed by atoms with E-state index in [-0.39, 0.29) is 17.2 Å². The Morgan fingerprint density at radius 2 is 1.91 bits per heavy atom. The van der Waals surface area contributed by atoms with Crippen molar-refractivity contribution in [1.82, 2.24) is 15.5 Å². The predicted molar refractivity (Wildman–Crippen MR) is 123 cm³/mol. The number of aliphatic imine (C=N–C) groups is 1. The molecule has 10 heteroatoms. The monoisotopic (exact) mass is 478 g/mol. The second-order valence-electron chi connectivity index (χ2n) is 7.86. The summed E-state index contributed by atoms with van der Waals surface area (Å²) in [6.07, 6.45) is 1.46. The Balaban J connectivity index is 1.35. The van der Waals surface area contributed by atoms with Gasteiger partial charge >= 0.3 is 0 Å². The van der Waals surface area contributed by atoms with Crippen molar-refractivity contribution >= 4 is 21.6 Å². The smallest absolute Gasteiger partial charge is 0.222 e. The molecule has 1 heterocycles. The minimum Gasteiger partial charge on any atom is -0.368 e. The summed E-state index contributed by atoms with van der Waals surface area (Å²) >= 11 is 0. The topological polar surface area (TPSA) is 90.9 Å². The molecule has 0 aliphatic carbocycles. The summed E-state index contributed by atoms with van der Waals surface area (Å²) < 4.78 is 50.6. The Hall–Kier alpha value is -2.85. The van der Waals surface area contributed by atoms with E-state index >= 15 is 0 Å². The molecule has 0 spiro atoms. The molecule has 0 unspecified atom stereocenters. The molecule has 2 N–H and O–H groups in total. The number of sulfone groups is 1. The van der Waals surface area contributed by atoms with Crippen LogP contribution in [0.4, 0.5) is 8.78 Å². The Kier molecular flexibility index (Phi) is 8.51. The van der Waals surface area contributed by atoms with Crippen LogP contribution < -0.4 is 10.6 Å². The highest BCUT2D eigenvalue weighted by molar-refractivity contribution is 7.91. The van der Waals surface area contributed by atoms with Gasteiger partial charge in [-0.15, -0.1) is 0 Å². The molecule has 2 aromatic rings. The lowest BCUT2D eigenvalue weighted by molar-refractivity contribution is -0.129. The van der Waals surface area contributed by atoms with Gasteiger partial charge in [-0.05, 0) is 43.1 Å². The van der Waals surface area contributed by atoms with Crippen molar-refractivity contribution in [1.29, 1.82) is 0 Å². The summed E-state index contributed by atoms with van der Waals surface area (Å²) in [6, 6.07) is 10.6. The molecule has 178 valence electrons. The zero-order valence-corrected chi connectivity index (χ0v) is 19.3. The molecule has 1 amide bonds. The number of benzene rings is 2. The molecule has 0 radical (unpaired) electrons. The Bertz CT molecular complexity index is 1110. The zero-order valence-electron chi connectivity index (χ0n) is 18.5. The Morgan fingerprint density at radius 1 is 1.15 bits per heavy atom. The number of hydrogen-bond donors (Lipinski definition) is 2. The number of carbonyl (C=O) groups excluding carboxylic acids is 1. The van der Waals surface area contributed by atoms with Crippen molar-refractivity contribution in [2.75, 3.05) is 39.1 Å². The maximum absolute atomic E-state index is 13.3. The maximum Gasteiger partial charge on any atom is 0.222 e. The number of hydrogen-bond acceptors (Lipinski definition) is 6. The van der Waals surface area contributed by atoms with Gasteiger partial charge < -0.3 is 15.5 Å². The fourth-order valence-corrected chi connectivity index (χ4v) is 4.50. The van der Waals surface area contributed by atoms with Crippen LogP contribution in [0, 0.1) is 11.6 Å². The van der Waals surface area contributed by atoms with Gasteiger partial charge in [-0.2, -0.15) is 0 Å². The minimum absolute atomic E-state index is 0.0265. The Labute approximate surface area is 192 Å². The first kappa shape index (κ1) is 24.8. The largest absolute Gasteiger partial charge is 0.368 e. The third-order valence-corrected chi connectivity index (χ3v) is 6.91. The van der Waals surface area contributed by atoms with Crippen molar-refractivity contribution in [2.45, 2.75) is 24.2 Å². The molecule has 0 atom stereocenters. The SMILES string of the molecule is CN(CCc1ccc(C2=NCCN2)cc1)C(=O)CCCNCS(=O)(=O)c1ccc(F)c(F)c1. The fourth-order valence-electron chi connectivity index (χ4n) is 3.36. The number of amidine groups is 1. The average molecular weight is 479 g/mol. The van der Waals surface area contributed by atoms with Gasteiger partial charge in [-0.3, -0.25) is 9.79 Å². The zero-order chi connectivity index (χ0) is 23.8. The second-order valence-corrected chi connectivity index (χ2v) is 9.85. The molecule has 7 nitrogen and oxygen atoms in total. The van der Waals surface area contributed by atoms with E-state index in [1.165, 1.54) is 0 Å². The van der Waals surface area contributed by atoms with E-state index in [4.69, 9.17) is 0 Å². The number of likely N-dealkylation sites (N-methyl/N-ethyl adjacent to an activating group) is 1. The van der Waals surface area contributed by atoms with Gasteiger partial charge in [0.2, 0.25) is 5.91 Å². The summed E-state index contributed by atoms with van der Waals surface area (Å²) in [5.74, 6) is -1.83. The van der Waals surface area contributed by atoms with E-state index in [0.29, 0.717) is 25.6 Å². The van der Waals surface area contributed by atoms with E-state index in [2.05, 4.69) is 15.6 Å². The second kappa shape index (κ2) is 11.3. The third kappa shape index (κ3) is 7.06. The van der Waals surface area contributed by atoms with Crippen molar-refractivity contribution < 1.29 is 22.0 Å². The first-order valence-corrected chi connectivity index (χ1v) is 12.4. The van der Waals surface area contributed by atoms with Crippen molar-refractivity contribution in [3.63, 3.8) is 0 Å². The molecule has 0 bridgehead atoms. The third-order valence-electron chi connectivity index (χ3n) is 5.35. The van der Waals surface area contributed by atoms with Crippen LogP contribution in [0.2, 0.25) is 0 Å². The van der Waals surface area contributed by atoms with E-state index in [1.807, 2.05) is 24.3 Å². The van der Waals surface area contributed by atoms with E-state index in [1.54, 1.807) is 11.9 Å². The normalized spacial score (nSPS) is 13.5. The molecule has 0 aromatic heterocycles. The number of rotatable bonds is 11. The van der Waals surface area contributed by atoms with Crippen molar-refractivity contribution in [3.05, 3.63) is 65.2 Å². The number of halogens is 2. The van der Waals surface area contributed by atoms with Gasteiger partial charge in [0.15, 0.2) is 21.5 Å². The average Bonchev–Trinajstić information content (AvgIpc) is 3.34. The van der Waals surface area contributed by atoms with Gasteiger partial charge in [-0.1, -0.05) is 24.3 Å². The van der Waals surface area contributed by atoms with Crippen LogP contribution in [0.1, 0.15) is 24.0 Å². The number of nitrogens with one attached hydrogen (secondary N) is 2. The van der Waals surface area contributed by atoms with Gasteiger partial charge in [0.25, 0.3) is 0 Å². The molecule has 33 heavy (non-hydrogen) atoms. The van der Waals surface area contributed by atoms with E-state index in [9.17, 15) is 22.0 Å². The van der Waals surface area contributed by atoms with Gasteiger partial charge in [0, 0.05) is 32.1 Å². The Morgan fingerprint density at radius 3 is 2.58 bits per heavy atom. The summed E-state index contributed by atoms with van der Waals surface area (Å²) in [4.78, 5) is 18.1. The van der Waals surface area contributed by atoms with Crippen molar-refractivity contribution in [2.24, 2.45) is 4.99 Å². The predicted octanol–water partition coefficient (Wildman–Crippen LogP) is 2.12. The molecule has 2 aromatic carbocycles. The number of carbonyl (C=O) groups is 1. The maximum atomic E-state index is 13.3. The lowest BCUT2D eigenvalue weighted by atomic mass is 10.1. The van der Waals surface area contributed by atoms with E-state index in [0.717, 1.165) is 48.6 Å². The first-order valence-electron chi connectivity index (χ1n) is 10.8. The summed E-state index contributed by atoms with van der Waals surface area (Å²) in [6.45, 7) is 2.55. The van der Waals surface area contributed by atoms with Gasteiger partial charge in [-0.25, -0.2) is 17.2 Å². The first-order chi connectivity index (χ1) is 15.8. The molecular formula is C23H28F2N4O3S. The summed E-state index contributed by atoms with van der Waals surface area (Å²) in [5.41, 5.74) is 2.18. The van der Waals surface area contributed by atoms with Crippen LogP contribution in [0.3, 0.4) is 0 Å². The molecule has 1 aliphatic heterocycles. The van der Waals surface area contributed by atoms with Crippen LogP contribution in [0.25, 0.3) is 0 Å². The van der Waals surface area contributed by atoms with Crippen LogP contribution in [0.5, 0.6) is 0 Å². The van der Waals surface area contributed by atoms with Crippen LogP contribution in [0.15, 0.2) is 52.4 Å². The van der Waals surface area contributed by atoms with Gasteiger partial charge in [0.05, 0.1) is 11.4 Å². The molecule has 0 fully saturated rings. The van der Waals surface area contributed by atoms with E-state index < -0.39 is 27.3 Å². The highest BCUT2D eigenvalue weighted by atomic mass is 32.2. The fraction of sp³-hybridized carbons (Fsp3) is 0.391. The minimum atomic E-state index is -3.79. The standard InChI is InChI=1S/C23H28F2N4O3S/c1-29(14-10-17-4-6-18(7-5-17)23-27-12-13-28-23)22(30)3-2-11-26-16-33(31,32)19-8-9-20(24)21(25)15-19/h4-9,15,26H,2-3,10-14,16H2,1H3,(H,27,28). The molecular weight excluding hydrogens is 450 g/mol. The lowest BCUT2D eigenvalue weighted by Gasteiger charge is -2.17. The van der Waals surface area contributed by atoms with Gasteiger partial charge in [0.1, 0.15) is 11.7 Å². The summed E-state index contributed by atoms with van der Waals surface area (Å²) in [5, 5.41) is 5.99. The quantitative estimate of drug-likeness (QED) is 0.381. The van der Waals surface area contributed by atoms with Crippen LogP contribution in [-0.2, 0) is 21.1 Å². The molecule has 1 aliphatic rings. The number of amides is 1. The highest BCUT2D eigenvalue weighted by Crippen LogP contribution is 2.14. The molecule has 0 saturated carbocycles. The molecule has 0 saturated heterocycles. The highest BCUT2D eigenvalue weighted by Gasteiger charge is 2.16. The molecule has 3 rings (SSSR count). The van der Waals surface area contributed by atoms with Crippen molar-refractivity contribution in [3.8, 4) is 0 Å². The lowest BCUT2D eigenvalue weighted by Crippen LogP contribution is -2.30. The van der Waals surface area contributed by atoms with Crippen LogP contribution in [-0.4, -0.2) is 64.2 Å².